The highest BCUT2D eigenvalue weighted by Gasteiger charge is 2.34. The molecule has 0 saturated heterocycles. The lowest BCUT2D eigenvalue weighted by atomic mass is 10.1. The maximum atomic E-state index is 13.2. The highest BCUT2D eigenvalue weighted by Crippen LogP contribution is 2.37. The number of anilines is 1. The van der Waals surface area contributed by atoms with E-state index in [2.05, 4.69) is 4.98 Å². The van der Waals surface area contributed by atoms with E-state index in [-0.39, 0.29) is 17.2 Å². The molecule has 0 aliphatic rings. The Kier molecular flexibility index (Phi) is 3.73. The number of alkyl halides is 3. The first-order valence-corrected chi connectivity index (χ1v) is 6.65. The lowest BCUT2D eigenvalue weighted by molar-refractivity contribution is -0.139. The third kappa shape index (κ3) is 2.77. The van der Waals surface area contributed by atoms with Crippen LogP contribution in [-0.2, 0) is 6.18 Å². The number of aromatic nitrogens is 1. The van der Waals surface area contributed by atoms with Crippen LogP contribution in [0.4, 0.5) is 22.6 Å². The van der Waals surface area contributed by atoms with Crippen molar-refractivity contribution in [3.05, 3.63) is 34.6 Å². The maximum Gasteiger partial charge on any atom is 0.419 e. The molecule has 1 aromatic carbocycles. The average Bonchev–Trinajstić information content (AvgIpc) is 2.71. The molecule has 0 spiro atoms. The quantitative estimate of drug-likeness (QED) is 0.819. The molecule has 0 bridgehead atoms. The van der Waals surface area contributed by atoms with Crippen molar-refractivity contribution < 1.29 is 17.6 Å². The summed E-state index contributed by atoms with van der Waals surface area (Å²) in [5.74, 6) is -1.18. The van der Waals surface area contributed by atoms with Crippen molar-refractivity contribution in [3.8, 4) is 11.3 Å². The molecule has 20 heavy (non-hydrogen) atoms. The predicted octanol–water partition coefficient (Wildman–Crippen LogP) is 4.67. The second-order valence-electron chi connectivity index (χ2n) is 4.61. The fraction of sp³-hybridized carbons (Fsp3) is 0.308. The SMILES string of the molecule is CC(C)c1nc(-c2ccc(F)c(C(F)(F)F)c2)c(N)s1. The highest BCUT2D eigenvalue weighted by molar-refractivity contribution is 7.16. The van der Waals surface area contributed by atoms with Gasteiger partial charge in [-0.3, -0.25) is 0 Å². The van der Waals surface area contributed by atoms with Gasteiger partial charge in [0.15, 0.2) is 0 Å². The Labute approximate surface area is 117 Å². The number of nitrogen functional groups attached to an aromatic ring is 1. The van der Waals surface area contributed by atoms with Gasteiger partial charge in [-0.05, 0) is 18.2 Å². The van der Waals surface area contributed by atoms with Crippen molar-refractivity contribution >= 4 is 16.3 Å². The second-order valence-corrected chi connectivity index (χ2v) is 5.67. The monoisotopic (exact) mass is 304 g/mol. The molecule has 2 rings (SSSR count). The topological polar surface area (TPSA) is 38.9 Å². The van der Waals surface area contributed by atoms with Crippen LogP contribution < -0.4 is 5.73 Å². The van der Waals surface area contributed by atoms with Gasteiger partial charge in [-0.1, -0.05) is 13.8 Å². The molecule has 108 valence electrons. The van der Waals surface area contributed by atoms with Crippen LogP contribution in [-0.4, -0.2) is 4.98 Å². The van der Waals surface area contributed by atoms with Gasteiger partial charge in [-0.2, -0.15) is 13.2 Å². The van der Waals surface area contributed by atoms with Gasteiger partial charge in [-0.15, -0.1) is 11.3 Å². The van der Waals surface area contributed by atoms with Gasteiger partial charge in [0.1, 0.15) is 16.5 Å². The molecule has 0 aliphatic heterocycles. The molecule has 0 aliphatic carbocycles. The van der Waals surface area contributed by atoms with Crippen LogP contribution in [0.1, 0.15) is 30.3 Å². The zero-order valence-corrected chi connectivity index (χ0v) is 11.6. The largest absolute Gasteiger partial charge is 0.419 e. The first-order chi connectivity index (χ1) is 9.20. The number of nitrogens with two attached hydrogens (primary N) is 1. The second kappa shape index (κ2) is 5.05. The molecule has 1 aromatic heterocycles. The molecule has 0 amide bonds. The average molecular weight is 304 g/mol. The van der Waals surface area contributed by atoms with Crippen LogP contribution >= 0.6 is 11.3 Å². The third-order valence-electron chi connectivity index (χ3n) is 2.71. The Bertz CT molecular complexity index is 632. The Morgan fingerprint density at radius 1 is 1.25 bits per heavy atom. The van der Waals surface area contributed by atoms with E-state index in [1.807, 2.05) is 13.8 Å². The third-order valence-corrected chi connectivity index (χ3v) is 3.89. The Morgan fingerprint density at radius 3 is 2.40 bits per heavy atom. The smallest absolute Gasteiger partial charge is 0.389 e. The molecule has 1 heterocycles. The van der Waals surface area contributed by atoms with Crippen LogP contribution in [0.5, 0.6) is 0 Å². The van der Waals surface area contributed by atoms with Gasteiger partial charge in [0.05, 0.1) is 10.6 Å². The van der Waals surface area contributed by atoms with E-state index in [9.17, 15) is 17.6 Å². The Balaban J connectivity index is 2.54. The number of hydrogen-bond acceptors (Lipinski definition) is 3. The van der Waals surface area contributed by atoms with Gasteiger partial charge < -0.3 is 5.73 Å². The minimum absolute atomic E-state index is 0.124. The first-order valence-electron chi connectivity index (χ1n) is 5.83. The van der Waals surface area contributed by atoms with Crippen molar-refractivity contribution in [2.75, 3.05) is 5.73 Å². The van der Waals surface area contributed by atoms with Gasteiger partial charge in [0, 0.05) is 11.5 Å². The molecule has 0 fully saturated rings. The molecule has 0 atom stereocenters. The summed E-state index contributed by atoms with van der Waals surface area (Å²) in [5.41, 5.74) is 4.91. The number of rotatable bonds is 2. The number of nitrogens with zero attached hydrogens (tertiary/aromatic N) is 1. The van der Waals surface area contributed by atoms with Gasteiger partial charge >= 0.3 is 6.18 Å². The lowest BCUT2D eigenvalue weighted by Gasteiger charge is -2.09. The molecule has 0 saturated carbocycles. The van der Waals surface area contributed by atoms with E-state index in [4.69, 9.17) is 5.73 Å². The number of thiazole rings is 1. The van der Waals surface area contributed by atoms with Gasteiger partial charge in [0.25, 0.3) is 0 Å². The predicted molar refractivity (Wildman–Crippen MR) is 71.0 cm³/mol. The molecular weight excluding hydrogens is 292 g/mol. The van der Waals surface area contributed by atoms with Crippen LogP contribution in [0.15, 0.2) is 18.2 Å². The molecule has 2 aromatic rings. The van der Waals surface area contributed by atoms with Crippen molar-refractivity contribution in [3.63, 3.8) is 0 Å². The number of benzene rings is 1. The van der Waals surface area contributed by atoms with Gasteiger partial charge in [-0.25, -0.2) is 9.37 Å². The van der Waals surface area contributed by atoms with Crippen LogP contribution in [0.3, 0.4) is 0 Å². The standard InChI is InChI=1S/C13H12F4N2S/c1-6(2)12-19-10(11(18)20-12)7-3-4-9(14)8(5-7)13(15,16)17/h3-6H,18H2,1-2H3. The highest BCUT2D eigenvalue weighted by atomic mass is 32.1. The minimum Gasteiger partial charge on any atom is -0.389 e. The van der Waals surface area contributed by atoms with E-state index in [0.717, 1.165) is 17.1 Å². The Morgan fingerprint density at radius 2 is 1.90 bits per heavy atom. The maximum absolute atomic E-state index is 13.2. The summed E-state index contributed by atoms with van der Waals surface area (Å²) in [5, 5.41) is 1.06. The van der Waals surface area contributed by atoms with E-state index in [1.165, 1.54) is 17.4 Å². The summed E-state index contributed by atoms with van der Waals surface area (Å²) >= 11 is 1.23. The first kappa shape index (κ1) is 14.8. The number of hydrogen-bond donors (Lipinski definition) is 1. The summed E-state index contributed by atoms with van der Waals surface area (Å²) in [6.07, 6.45) is -4.74. The fourth-order valence-corrected chi connectivity index (χ4v) is 2.55. The van der Waals surface area contributed by atoms with E-state index in [0.29, 0.717) is 5.00 Å². The number of halogens is 4. The normalized spacial score (nSPS) is 12.2. The zero-order chi connectivity index (χ0) is 15.1. The van der Waals surface area contributed by atoms with E-state index in [1.54, 1.807) is 0 Å². The zero-order valence-electron chi connectivity index (χ0n) is 10.8. The summed E-state index contributed by atoms with van der Waals surface area (Å²) in [6, 6.07) is 2.77. The van der Waals surface area contributed by atoms with Crippen molar-refractivity contribution in [1.29, 1.82) is 0 Å². The summed E-state index contributed by atoms with van der Waals surface area (Å²) in [6.45, 7) is 3.82. The summed E-state index contributed by atoms with van der Waals surface area (Å²) in [4.78, 5) is 4.24. The fourth-order valence-electron chi connectivity index (χ4n) is 1.69. The molecule has 2 N–H and O–H groups in total. The molecule has 7 heteroatoms. The molecule has 0 unspecified atom stereocenters. The van der Waals surface area contributed by atoms with Crippen LogP contribution in [0.25, 0.3) is 11.3 Å². The molecule has 0 radical (unpaired) electrons. The van der Waals surface area contributed by atoms with Crippen molar-refractivity contribution in [2.24, 2.45) is 0 Å². The summed E-state index contributed by atoms with van der Waals surface area (Å²) in [7, 11) is 0. The minimum atomic E-state index is -4.74. The molecular formula is C13H12F4N2S. The van der Waals surface area contributed by atoms with E-state index >= 15 is 0 Å². The van der Waals surface area contributed by atoms with Crippen LogP contribution in [0, 0.1) is 5.82 Å². The van der Waals surface area contributed by atoms with Crippen LogP contribution in [0.2, 0.25) is 0 Å². The Hall–Kier alpha value is -1.63. The van der Waals surface area contributed by atoms with Crippen molar-refractivity contribution in [1.82, 2.24) is 4.98 Å². The van der Waals surface area contributed by atoms with E-state index < -0.39 is 17.6 Å². The summed E-state index contributed by atoms with van der Waals surface area (Å²) < 4.78 is 51.3. The lowest BCUT2D eigenvalue weighted by Crippen LogP contribution is -2.08. The van der Waals surface area contributed by atoms with Gasteiger partial charge in [0.2, 0.25) is 0 Å². The molecule has 2 nitrogen and oxygen atoms in total. The van der Waals surface area contributed by atoms with Crippen molar-refractivity contribution in [2.45, 2.75) is 25.9 Å².